The van der Waals surface area contributed by atoms with Crippen LogP contribution in [0, 0.1) is 11.3 Å². The molecule has 28 heavy (non-hydrogen) atoms. The molecular formula is C21H26N4O3. The normalized spacial score (nSPS) is 15.7. The van der Waals surface area contributed by atoms with Gasteiger partial charge in [0.05, 0.1) is 12.7 Å². The molecule has 2 aromatic rings. The van der Waals surface area contributed by atoms with Gasteiger partial charge < -0.3 is 19.9 Å². The van der Waals surface area contributed by atoms with Crippen molar-refractivity contribution in [1.82, 2.24) is 15.2 Å². The van der Waals surface area contributed by atoms with E-state index in [4.69, 9.17) is 10.00 Å². The fraction of sp³-hybridized carbons (Fsp3) is 0.476. The summed E-state index contributed by atoms with van der Waals surface area (Å²) < 4.78 is 7.21. The van der Waals surface area contributed by atoms with Crippen LogP contribution in [-0.4, -0.2) is 42.2 Å². The Balaban J connectivity index is 1.79. The third kappa shape index (κ3) is 4.18. The number of amides is 2. The summed E-state index contributed by atoms with van der Waals surface area (Å²) in [6.45, 7) is 1.30. The van der Waals surface area contributed by atoms with Gasteiger partial charge in [0.25, 0.3) is 5.91 Å². The largest absolute Gasteiger partial charge is 0.383 e. The molecule has 0 aliphatic heterocycles. The quantitative estimate of drug-likeness (QED) is 0.719. The molecule has 1 aromatic carbocycles. The lowest BCUT2D eigenvalue weighted by Gasteiger charge is -2.36. The molecule has 0 atom stereocenters. The summed E-state index contributed by atoms with van der Waals surface area (Å²) in [6.07, 6.45) is 5.95. The Morgan fingerprint density at radius 1 is 1.25 bits per heavy atom. The number of nitrogens with zero attached hydrogens (tertiary/aromatic N) is 2. The molecule has 1 saturated carbocycles. The highest BCUT2D eigenvalue weighted by molar-refractivity contribution is 6.01. The van der Waals surface area contributed by atoms with Crippen molar-refractivity contribution in [3.8, 4) is 6.07 Å². The third-order valence-corrected chi connectivity index (χ3v) is 5.39. The van der Waals surface area contributed by atoms with Gasteiger partial charge in [-0.25, -0.2) is 0 Å². The number of nitrogens with one attached hydrogen (secondary N) is 2. The molecule has 7 nitrogen and oxygen atoms in total. The molecular weight excluding hydrogens is 356 g/mol. The highest BCUT2D eigenvalue weighted by Gasteiger charge is 2.40. The van der Waals surface area contributed by atoms with Gasteiger partial charge in [0.15, 0.2) is 0 Å². The Morgan fingerprint density at radius 2 is 2.04 bits per heavy atom. The van der Waals surface area contributed by atoms with Crippen LogP contribution in [0.1, 0.15) is 42.5 Å². The molecule has 3 rings (SSSR count). The van der Waals surface area contributed by atoms with Crippen molar-refractivity contribution in [2.24, 2.45) is 0 Å². The molecule has 0 saturated heterocycles. The maximum absolute atomic E-state index is 12.9. The Kier molecular flexibility index (Phi) is 6.32. The van der Waals surface area contributed by atoms with Gasteiger partial charge in [-0.2, -0.15) is 5.26 Å². The van der Waals surface area contributed by atoms with Crippen LogP contribution in [0.4, 0.5) is 0 Å². The zero-order chi connectivity index (χ0) is 20.0. The lowest BCUT2D eigenvalue weighted by molar-refractivity contribution is -0.128. The molecule has 1 aromatic heterocycles. The number of methoxy groups -OCH3 is 1. The zero-order valence-electron chi connectivity index (χ0n) is 16.2. The first kappa shape index (κ1) is 19.9. The van der Waals surface area contributed by atoms with E-state index in [0.717, 1.165) is 36.7 Å². The molecule has 7 heteroatoms. The summed E-state index contributed by atoms with van der Waals surface area (Å²) in [5.41, 5.74) is 0.619. The Labute approximate surface area is 164 Å². The number of ether oxygens (including phenoxy) is 1. The molecule has 148 valence electrons. The van der Waals surface area contributed by atoms with Crippen molar-refractivity contribution in [1.29, 1.82) is 5.26 Å². The van der Waals surface area contributed by atoms with E-state index in [9.17, 15) is 9.59 Å². The number of hydrogen-bond donors (Lipinski definition) is 2. The number of nitriles is 1. The van der Waals surface area contributed by atoms with Crippen molar-refractivity contribution in [2.75, 3.05) is 20.3 Å². The van der Waals surface area contributed by atoms with Gasteiger partial charge in [0.1, 0.15) is 12.1 Å². The first-order chi connectivity index (χ1) is 13.6. The van der Waals surface area contributed by atoms with Crippen molar-refractivity contribution in [2.45, 2.75) is 44.2 Å². The van der Waals surface area contributed by atoms with E-state index < -0.39 is 5.54 Å². The topological polar surface area (TPSA) is 96.2 Å². The Morgan fingerprint density at radius 3 is 2.75 bits per heavy atom. The maximum Gasteiger partial charge on any atom is 0.252 e. The Bertz CT molecular complexity index is 891. The van der Waals surface area contributed by atoms with E-state index >= 15 is 0 Å². The van der Waals surface area contributed by atoms with Crippen LogP contribution in [0.5, 0.6) is 0 Å². The minimum absolute atomic E-state index is 0.0581. The zero-order valence-corrected chi connectivity index (χ0v) is 16.2. The van der Waals surface area contributed by atoms with Crippen LogP contribution in [0.3, 0.4) is 0 Å². The number of rotatable bonds is 7. The van der Waals surface area contributed by atoms with Gasteiger partial charge in [0, 0.05) is 36.3 Å². The molecule has 1 heterocycles. The number of carbonyl (C=O) groups is 2. The summed E-state index contributed by atoms with van der Waals surface area (Å²) in [7, 11) is 1.67. The van der Waals surface area contributed by atoms with E-state index in [1.807, 2.05) is 30.5 Å². The molecule has 0 spiro atoms. The van der Waals surface area contributed by atoms with E-state index in [1.165, 1.54) is 0 Å². The lowest BCUT2D eigenvalue weighted by Crippen LogP contribution is -2.59. The van der Waals surface area contributed by atoms with E-state index in [-0.39, 0.29) is 18.4 Å². The molecule has 0 bridgehead atoms. The first-order valence-corrected chi connectivity index (χ1v) is 9.65. The number of hydrogen-bond acceptors (Lipinski definition) is 4. The summed E-state index contributed by atoms with van der Waals surface area (Å²) in [6, 6.07) is 9.44. The minimum atomic E-state index is -0.939. The van der Waals surface area contributed by atoms with Crippen molar-refractivity contribution in [3.05, 3.63) is 36.0 Å². The van der Waals surface area contributed by atoms with Crippen LogP contribution in [0.15, 0.2) is 30.5 Å². The number of aromatic nitrogens is 1. The minimum Gasteiger partial charge on any atom is -0.383 e. The van der Waals surface area contributed by atoms with Crippen LogP contribution < -0.4 is 10.6 Å². The molecule has 1 aliphatic carbocycles. The standard InChI is InChI=1S/C21H26N4O3/c1-28-14-13-25-12-7-16-15-17(5-6-18(16)25)19(26)24-21(8-3-2-4-9-21)20(27)23-11-10-22/h5-7,12,15H,2-4,8-9,11,13-14H2,1H3,(H,23,27)(H,24,26). The van der Waals surface area contributed by atoms with Gasteiger partial charge in [-0.3, -0.25) is 9.59 Å². The van der Waals surface area contributed by atoms with Crippen LogP contribution in [0.2, 0.25) is 0 Å². The fourth-order valence-corrected chi connectivity index (χ4v) is 3.87. The monoisotopic (exact) mass is 382 g/mol. The molecule has 2 N–H and O–H groups in total. The van der Waals surface area contributed by atoms with Gasteiger partial charge in [0.2, 0.25) is 5.91 Å². The van der Waals surface area contributed by atoms with Gasteiger partial charge in [-0.1, -0.05) is 19.3 Å². The first-order valence-electron chi connectivity index (χ1n) is 9.65. The fourth-order valence-electron chi connectivity index (χ4n) is 3.87. The van der Waals surface area contributed by atoms with E-state index in [1.54, 1.807) is 13.2 Å². The Hall–Kier alpha value is -2.85. The predicted octanol–water partition coefficient (Wildman–Crippen LogP) is 2.36. The summed E-state index contributed by atoms with van der Waals surface area (Å²) >= 11 is 0. The van der Waals surface area contributed by atoms with Gasteiger partial charge >= 0.3 is 0 Å². The second kappa shape index (κ2) is 8.89. The SMILES string of the molecule is COCCn1ccc2cc(C(=O)NC3(C(=O)NCC#N)CCCCC3)ccc21. The number of carbonyl (C=O) groups excluding carboxylic acids is 2. The van der Waals surface area contributed by atoms with Crippen molar-refractivity contribution in [3.63, 3.8) is 0 Å². The lowest BCUT2D eigenvalue weighted by atomic mass is 9.80. The summed E-state index contributed by atoms with van der Waals surface area (Å²) in [4.78, 5) is 25.6. The summed E-state index contributed by atoms with van der Waals surface area (Å²) in [5.74, 6) is -0.533. The highest BCUT2D eigenvalue weighted by Crippen LogP contribution is 2.29. The number of benzene rings is 1. The van der Waals surface area contributed by atoms with Crippen LogP contribution in [-0.2, 0) is 16.1 Å². The van der Waals surface area contributed by atoms with Crippen LogP contribution in [0.25, 0.3) is 10.9 Å². The molecule has 1 fully saturated rings. The molecule has 2 amide bonds. The van der Waals surface area contributed by atoms with E-state index in [2.05, 4.69) is 15.2 Å². The number of fused-ring (bicyclic) bond motifs is 1. The summed E-state index contributed by atoms with van der Waals surface area (Å²) in [5, 5.41) is 15.3. The average Bonchev–Trinajstić information content (AvgIpc) is 3.13. The van der Waals surface area contributed by atoms with Gasteiger partial charge in [-0.05, 0) is 37.1 Å². The average molecular weight is 382 g/mol. The second-order valence-corrected chi connectivity index (χ2v) is 7.21. The molecule has 0 radical (unpaired) electrons. The van der Waals surface area contributed by atoms with Crippen molar-refractivity contribution < 1.29 is 14.3 Å². The second-order valence-electron chi connectivity index (χ2n) is 7.21. The maximum atomic E-state index is 12.9. The molecule has 1 aliphatic rings. The smallest absolute Gasteiger partial charge is 0.252 e. The molecule has 0 unspecified atom stereocenters. The van der Waals surface area contributed by atoms with Crippen molar-refractivity contribution >= 4 is 22.7 Å². The third-order valence-electron chi connectivity index (χ3n) is 5.39. The van der Waals surface area contributed by atoms with Gasteiger partial charge in [-0.15, -0.1) is 0 Å². The highest BCUT2D eigenvalue weighted by atomic mass is 16.5. The van der Waals surface area contributed by atoms with Crippen LogP contribution >= 0.6 is 0 Å². The predicted molar refractivity (Wildman–Crippen MR) is 106 cm³/mol. The van der Waals surface area contributed by atoms with E-state index in [0.29, 0.717) is 25.0 Å².